The molecule has 1 N–H and O–H groups in total. The van der Waals surface area contributed by atoms with Crippen molar-refractivity contribution in [1.29, 1.82) is 0 Å². The minimum absolute atomic E-state index is 0.633. The second kappa shape index (κ2) is 6.25. The molecule has 2 heteroatoms. The van der Waals surface area contributed by atoms with Gasteiger partial charge in [-0.15, -0.1) is 0 Å². The van der Waals surface area contributed by atoms with Crippen LogP contribution in [-0.4, -0.2) is 11.0 Å². The third-order valence-electron chi connectivity index (χ3n) is 4.55. The summed E-state index contributed by atoms with van der Waals surface area (Å²) >= 11 is 0. The Hall–Kier alpha value is -1.57. The number of nitrogens with one attached hydrogen (secondary N) is 1. The first-order valence-corrected chi connectivity index (χ1v) is 7.97. The highest BCUT2D eigenvalue weighted by molar-refractivity contribution is 5.91. The molecular weight excluding hydrogens is 244 g/mol. The van der Waals surface area contributed by atoms with Gasteiger partial charge in [-0.3, -0.25) is 4.98 Å². The number of pyridine rings is 1. The molecule has 106 valence electrons. The Balaban J connectivity index is 1.68. The summed E-state index contributed by atoms with van der Waals surface area (Å²) in [5, 5.41) is 4.99. The molecule has 1 aromatic heterocycles. The molecular formula is C18H24N2. The van der Waals surface area contributed by atoms with E-state index in [9.17, 15) is 0 Å². The first-order chi connectivity index (χ1) is 9.86. The Morgan fingerprint density at radius 1 is 1.10 bits per heavy atom. The van der Waals surface area contributed by atoms with Crippen molar-refractivity contribution in [2.75, 3.05) is 5.32 Å². The second-order valence-electron chi connectivity index (χ2n) is 6.03. The molecule has 2 aromatic rings. The predicted molar refractivity (Wildman–Crippen MR) is 86.0 cm³/mol. The maximum absolute atomic E-state index is 4.43. The van der Waals surface area contributed by atoms with Gasteiger partial charge >= 0.3 is 0 Å². The molecule has 1 aliphatic rings. The summed E-state index contributed by atoms with van der Waals surface area (Å²) in [5.41, 5.74) is 2.33. The van der Waals surface area contributed by atoms with Gasteiger partial charge in [-0.1, -0.05) is 25.8 Å². The van der Waals surface area contributed by atoms with Crippen LogP contribution < -0.4 is 5.32 Å². The number of aromatic nitrogens is 1. The van der Waals surface area contributed by atoms with Crippen molar-refractivity contribution < 1.29 is 0 Å². The maximum Gasteiger partial charge on any atom is 0.0722 e. The van der Waals surface area contributed by atoms with Gasteiger partial charge in [0, 0.05) is 23.3 Å². The molecule has 0 spiro atoms. The van der Waals surface area contributed by atoms with Crippen molar-refractivity contribution in [2.45, 2.75) is 51.5 Å². The van der Waals surface area contributed by atoms with E-state index in [4.69, 9.17) is 0 Å². The van der Waals surface area contributed by atoms with E-state index in [1.807, 2.05) is 12.3 Å². The summed E-state index contributed by atoms with van der Waals surface area (Å²) in [5.74, 6) is 0.965. The molecule has 0 unspecified atom stereocenters. The molecule has 1 fully saturated rings. The zero-order chi connectivity index (χ0) is 13.8. The fourth-order valence-corrected chi connectivity index (χ4v) is 3.45. The predicted octanol–water partition coefficient (Wildman–Crippen LogP) is 5.01. The van der Waals surface area contributed by atoms with Gasteiger partial charge < -0.3 is 5.32 Å². The molecule has 1 aliphatic carbocycles. The second-order valence-corrected chi connectivity index (χ2v) is 6.03. The number of benzene rings is 1. The standard InChI is InChI=1S/C18H24N2/c1-2-5-14-9-11-15(12-10-14)20-18-8-3-7-17-16(18)6-4-13-19-17/h3-4,6-8,13-15,20H,2,5,9-12H2,1H3. The molecule has 0 atom stereocenters. The average molecular weight is 268 g/mol. The molecule has 0 bridgehead atoms. The summed E-state index contributed by atoms with van der Waals surface area (Å²) in [6, 6.07) is 11.2. The molecule has 0 saturated heterocycles. The van der Waals surface area contributed by atoms with Gasteiger partial charge in [0.05, 0.1) is 5.52 Å². The Kier molecular flexibility index (Phi) is 4.19. The summed E-state index contributed by atoms with van der Waals surface area (Å²) in [6.07, 6.45) is 9.98. The van der Waals surface area contributed by atoms with E-state index < -0.39 is 0 Å². The SMILES string of the molecule is CCCC1CCC(Nc2cccc3ncccc23)CC1. The first-order valence-electron chi connectivity index (χ1n) is 7.97. The first kappa shape index (κ1) is 13.4. The number of rotatable bonds is 4. The number of nitrogens with zero attached hydrogens (tertiary/aromatic N) is 1. The van der Waals surface area contributed by atoms with Crippen LogP contribution in [0.2, 0.25) is 0 Å². The zero-order valence-corrected chi connectivity index (χ0v) is 12.3. The van der Waals surface area contributed by atoms with Crippen LogP contribution in [0.3, 0.4) is 0 Å². The fourth-order valence-electron chi connectivity index (χ4n) is 3.45. The van der Waals surface area contributed by atoms with E-state index in [1.54, 1.807) is 0 Å². The van der Waals surface area contributed by atoms with Gasteiger partial charge in [-0.2, -0.15) is 0 Å². The number of anilines is 1. The van der Waals surface area contributed by atoms with Crippen molar-refractivity contribution in [3.05, 3.63) is 36.5 Å². The summed E-state index contributed by atoms with van der Waals surface area (Å²) in [4.78, 5) is 4.43. The van der Waals surface area contributed by atoms with Gasteiger partial charge in [0.1, 0.15) is 0 Å². The third kappa shape index (κ3) is 2.95. The minimum atomic E-state index is 0.633. The van der Waals surface area contributed by atoms with Crippen LogP contribution in [0.5, 0.6) is 0 Å². The molecule has 0 aliphatic heterocycles. The molecule has 3 rings (SSSR count). The monoisotopic (exact) mass is 268 g/mol. The molecule has 20 heavy (non-hydrogen) atoms. The van der Waals surface area contributed by atoms with Crippen molar-refractivity contribution in [3.8, 4) is 0 Å². The molecule has 1 saturated carbocycles. The quantitative estimate of drug-likeness (QED) is 0.843. The Morgan fingerprint density at radius 3 is 2.75 bits per heavy atom. The van der Waals surface area contributed by atoms with Gasteiger partial charge in [-0.25, -0.2) is 0 Å². The number of fused-ring (bicyclic) bond motifs is 1. The highest BCUT2D eigenvalue weighted by Crippen LogP contribution is 2.31. The highest BCUT2D eigenvalue weighted by atomic mass is 14.9. The van der Waals surface area contributed by atoms with E-state index in [1.165, 1.54) is 49.6 Å². The van der Waals surface area contributed by atoms with Crippen molar-refractivity contribution in [2.24, 2.45) is 5.92 Å². The van der Waals surface area contributed by atoms with Crippen LogP contribution in [0.1, 0.15) is 45.4 Å². The molecule has 1 aromatic carbocycles. The van der Waals surface area contributed by atoms with Crippen LogP contribution in [0, 0.1) is 5.92 Å². The summed E-state index contributed by atoms with van der Waals surface area (Å²) < 4.78 is 0. The Morgan fingerprint density at radius 2 is 1.95 bits per heavy atom. The lowest BCUT2D eigenvalue weighted by atomic mass is 9.83. The van der Waals surface area contributed by atoms with Gasteiger partial charge in [0.2, 0.25) is 0 Å². The van der Waals surface area contributed by atoms with Crippen LogP contribution in [0.15, 0.2) is 36.5 Å². The number of hydrogen-bond donors (Lipinski definition) is 1. The summed E-state index contributed by atoms with van der Waals surface area (Å²) in [6.45, 7) is 2.30. The van der Waals surface area contributed by atoms with E-state index >= 15 is 0 Å². The third-order valence-corrected chi connectivity index (χ3v) is 4.55. The fraction of sp³-hybridized carbons (Fsp3) is 0.500. The van der Waals surface area contributed by atoms with E-state index in [2.05, 4.69) is 41.5 Å². The smallest absolute Gasteiger partial charge is 0.0722 e. The van der Waals surface area contributed by atoms with E-state index in [0.29, 0.717) is 6.04 Å². The lowest BCUT2D eigenvalue weighted by Gasteiger charge is -2.30. The normalized spacial score (nSPS) is 22.9. The molecule has 1 heterocycles. The highest BCUT2D eigenvalue weighted by Gasteiger charge is 2.20. The van der Waals surface area contributed by atoms with Crippen LogP contribution in [0.25, 0.3) is 10.9 Å². The Labute approximate surface area is 121 Å². The maximum atomic E-state index is 4.43. The molecule has 0 radical (unpaired) electrons. The van der Waals surface area contributed by atoms with Crippen molar-refractivity contribution in [3.63, 3.8) is 0 Å². The average Bonchev–Trinajstić information content (AvgIpc) is 2.50. The van der Waals surface area contributed by atoms with Crippen LogP contribution in [0.4, 0.5) is 5.69 Å². The van der Waals surface area contributed by atoms with Crippen molar-refractivity contribution >= 4 is 16.6 Å². The van der Waals surface area contributed by atoms with Gasteiger partial charge in [-0.05, 0) is 55.9 Å². The van der Waals surface area contributed by atoms with E-state index in [0.717, 1.165) is 11.4 Å². The van der Waals surface area contributed by atoms with E-state index in [-0.39, 0.29) is 0 Å². The summed E-state index contributed by atoms with van der Waals surface area (Å²) in [7, 11) is 0. The molecule has 2 nitrogen and oxygen atoms in total. The minimum Gasteiger partial charge on any atom is -0.382 e. The largest absolute Gasteiger partial charge is 0.382 e. The number of hydrogen-bond acceptors (Lipinski definition) is 2. The van der Waals surface area contributed by atoms with Gasteiger partial charge in [0.25, 0.3) is 0 Å². The zero-order valence-electron chi connectivity index (χ0n) is 12.3. The lowest BCUT2D eigenvalue weighted by Crippen LogP contribution is -2.26. The lowest BCUT2D eigenvalue weighted by molar-refractivity contribution is 0.319. The van der Waals surface area contributed by atoms with Crippen LogP contribution in [-0.2, 0) is 0 Å². The van der Waals surface area contributed by atoms with Gasteiger partial charge in [0.15, 0.2) is 0 Å². The molecule has 0 amide bonds. The van der Waals surface area contributed by atoms with Crippen molar-refractivity contribution in [1.82, 2.24) is 4.98 Å². The Bertz CT molecular complexity index is 551. The topological polar surface area (TPSA) is 24.9 Å². The van der Waals surface area contributed by atoms with Crippen LogP contribution >= 0.6 is 0 Å².